The summed E-state index contributed by atoms with van der Waals surface area (Å²) in [6, 6.07) is 17.3. The van der Waals surface area contributed by atoms with Gasteiger partial charge in [0.1, 0.15) is 0 Å². The number of aromatic amines is 1. The lowest BCUT2D eigenvalue weighted by Gasteiger charge is -2.17. The van der Waals surface area contributed by atoms with E-state index >= 15 is 0 Å². The van der Waals surface area contributed by atoms with Gasteiger partial charge in [0, 0.05) is 31.4 Å². The van der Waals surface area contributed by atoms with Crippen LogP contribution in [0, 0.1) is 0 Å². The monoisotopic (exact) mass is 474 g/mol. The first-order valence-corrected chi connectivity index (χ1v) is 11.3. The lowest BCUT2D eigenvalue weighted by molar-refractivity contribution is 0.0947. The number of halogens is 1. The van der Waals surface area contributed by atoms with Gasteiger partial charge in [-0.1, -0.05) is 48.0 Å². The van der Waals surface area contributed by atoms with Crippen LogP contribution in [0.25, 0.3) is 11.4 Å². The SMILES string of the molecule is COc1c(Cl)cccc1Nc1c(-c2ccnc(NCc3ccccc3)n2)[nH]c2c1C(=O)NCC2. The molecule has 1 aliphatic heterocycles. The summed E-state index contributed by atoms with van der Waals surface area (Å²) >= 11 is 6.32. The molecule has 2 aromatic carbocycles. The molecular weight excluding hydrogens is 452 g/mol. The molecule has 1 amide bonds. The summed E-state index contributed by atoms with van der Waals surface area (Å²) in [5, 5.41) is 10.0. The Balaban J connectivity index is 1.53. The van der Waals surface area contributed by atoms with E-state index in [0.717, 1.165) is 11.3 Å². The van der Waals surface area contributed by atoms with Gasteiger partial charge in [-0.2, -0.15) is 0 Å². The second-order valence-corrected chi connectivity index (χ2v) is 8.19. The van der Waals surface area contributed by atoms with Crippen LogP contribution in [0.1, 0.15) is 21.6 Å². The van der Waals surface area contributed by atoms with Crippen LogP contribution in [0.5, 0.6) is 5.75 Å². The van der Waals surface area contributed by atoms with Gasteiger partial charge in [0.15, 0.2) is 5.75 Å². The standard InChI is InChI=1S/C25H23ClN6O2/c1-34-23-16(26)8-5-9-19(23)31-22-20-17(10-12-27-24(20)33)30-21(22)18-11-13-28-25(32-18)29-14-15-6-3-2-4-7-15/h2-9,11,13,30-31H,10,12,14H2,1H3,(H,27,33)(H,28,29,32). The Hall–Kier alpha value is -4.04. The summed E-state index contributed by atoms with van der Waals surface area (Å²) in [7, 11) is 1.56. The van der Waals surface area contributed by atoms with Crippen molar-refractivity contribution in [3.63, 3.8) is 0 Å². The van der Waals surface area contributed by atoms with Crippen LogP contribution >= 0.6 is 11.6 Å². The number of ether oxygens (including phenoxy) is 1. The number of H-pyrrole nitrogens is 1. The number of rotatable bonds is 7. The smallest absolute Gasteiger partial charge is 0.255 e. The van der Waals surface area contributed by atoms with Crippen LogP contribution in [0.15, 0.2) is 60.8 Å². The number of methoxy groups -OCH3 is 1. The summed E-state index contributed by atoms with van der Waals surface area (Å²) in [6.45, 7) is 1.16. The highest BCUT2D eigenvalue weighted by Crippen LogP contribution is 2.40. The maximum absolute atomic E-state index is 12.8. The second kappa shape index (κ2) is 9.44. The molecule has 4 aromatic rings. The van der Waals surface area contributed by atoms with Crippen molar-refractivity contribution in [3.05, 3.63) is 82.6 Å². The molecule has 0 bridgehead atoms. The topological polar surface area (TPSA) is 104 Å². The molecule has 0 spiro atoms. The normalized spacial score (nSPS) is 12.6. The third-order valence-corrected chi connectivity index (χ3v) is 5.90. The average Bonchev–Trinajstić information content (AvgIpc) is 3.23. The Bertz CT molecular complexity index is 1340. The molecule has 9 heteroatoms. The summed E-state index contributed by atoms with van der Waals surface area (Å²) in [5.74, 6) is 0.836. The largest absolute Gasteiger partial charge is 0.493 e. The molecule has 0 unspecified atom stereocenters. The molecule has 0 saturated carbocycles. The van der Waals surface area contributed by atoms with Crippen LogP contribution in [-0.4, -0.2) is 34.5 Å². The Morgan fingerprint density at radius 2 is 1.97 bits per heavy atom. The zero-order valence-corrected chi connectivity index (χ0v) is 19.2. The first-order valence-electron chi connectivity index (χ1n) is 10.9. The molecule has 0 aliphatic carbocycles. The number of hydrogen-bond donors (Lipinski definition) is 4. The maximum atomic E-state index is 12.8. The minimum Gasteiger partial charge on any atom is -0.493 e. The number of amides is 1. The number of nitrogens with zero attached hydrogens (tertiary/aromatic N) is 2. The van der Waals surface area contributed by atoms with Gasteiger partial charge >= 0.3 is 0 Å². The van der Waals surface area contributed by atoms with E-state index in [4.69, 9.17) is 21.3 Å². The summed E-state index contributed by atoms with van der Waals surface area (Å²) in [6.07, 6.45) is 2.38. The Morgan fingerprint density at radius 3 is 2.79 bits per heavy atom. The highest BCUT2D eigenvalue weighted by atomic mass is 35.5. The highest BCUT2D eigenvalue weighted by molar-refractivity contribution is 6.32. The predicted octanol–water partition coefficient (Wildman–Crippen LogP) is 4.78. The van der Waals surface area contributed by atoms with Crippen LogP contribution in [0.2, 0.25) is 5.02 Å². The quantitative estimate of drug-likeness (QED) is 0.307. The number of carbonyl (C=O) groups is 1. The van der Waals surface area contributed by atoms with E-state index in [9.17, 15) is 4.79 Å². The number of carbonyl (C=O) groups excluding carboxylic acids is 1. The fourth-order valence-electron chi connectivity index (χ4n) is 4.01. The van der Waals surface area contributed by atoms with E-state index in [1.807, 2.05) is 48.5 Å². The summed E-state index contributed by atoms with van der Waals surface area (Å²) in [4.78, 5) is 25.3. The number of para-hydroxylation sites is 1. The van der Waals surface area contributed by atoms with Crippen molar-refractivity contribution in [2.24, 2.45) is 0 Å². The number of aromatic nitrogens is 3. The molecule has 2 aromatic heterocycles. The molecule has 0 saturated heterocycles. The molecule has 172 valence electrons. The predicted molar refractivity (Wildman–Crippen MR) is 133 cm³/mol. The highest BCUT2D eigenvalue weighted by Gasteiger charge is 2.28. The molecule has 0 radical (unpaired) electrons. The molecular formula is C25H23ClN6O2. The van der Waals surface area contributed by atoms with E-state index in [-0.39, 0.29) is 5.91 Å². The number of fused-ring (bicyclic) bond motifs is 1. The van der Waals surface area contributed by atoms with Gasteiger partial charge in [0.2, 0.25) is 5.95 Å². The van der Waals surface area contributed by atoms with Crippen molar-refractivity contribution in [1.82, 2.24) is 20.3 Å². The number of hydrogen-bond acceptors (Lipinski definition) is 6. The number of anilines is 3. The third kappa shape index (κ3) is 4.27. The zero-order chi connectivity index (χ0) is 23.5. The second-order valence-electron chi connectivity index (χ2n) is 7.78. The van der Waals surface area contributed by atoms with Crippen LogP contribution < -0.4 is 20.7 Å². The molecule has 3 heterocycles. The maximum Gasteiger partial charge on any atom is 0.255 e. The van der Waals surface area contributed by atoms with Crippen molar-refractivity contribution < 1.29 is 9.53 Å². The average molecular weight is 475 g/mol. The minimum absolute atomic E-state index is 0.149. The molecule has 5 rings (SSSR count). The van der Waals surface area contributed by atoms with Gasteiger partial charge in [-0.15, -0.1) is 0 Å². The minimum atomic E-state index is -0.149. The van der Waals surface area contributed by atoms with Crippen LogP contribution in [0.3, 0.4) is 0 Å². The van der Waals surface area contributed by atoms with Crippen LogP contribution in [0.4, 0.5) is 17.3 Å². The van der Waals surface area contributed by atoms with E-state index in [1.54, 1.807) is 19.4 Å². The number of benzene rings is 2. The van der Waals surface area contributed by atoms with Gasteiger partial charge in [-0.05, 0) is 23.8 Å². The number of nitrogens with one attached hydrogen (secondary N) is 4. The van der Waals surface area contributed by atoms with Crippen molar-refractivity contribution in [3.8, 4) is 17.1 Å². The fourth-order valence-corrected chi connectivity index (χ4v) is 4.26. The van der Waals surface area contributed by atoms with Crippen molar-refractivity contribution in [2.75, 3.05) is 24.3 Å². The fraction of sp³-hybridized carbons (Fsp3) is 0.160. The Morgan fingerprint density at radius 1 is 1.12 bits per heavy atom. The first-order chi connectivity index (χ1) is 16.6. The van der Waals surface area contributed by atoms with Crippen molar-refractivity contribution in [1.29, 1.82) is 0 Å². The lowest BCUT2D eigenvalue weighted by Crippen LogP contribution is -2.31. The van der Waals surface area contributed by atoms with E-state index < -0.39 is 0 Å². The molecule has 0 atom stereocenters. The van der Waals surface area contributed by atoms with Gasteiger partial charge in [0.05, 0.1) is 40.5 Å². The first kappa shape index (κ1) is 21.8. The molecule has 0 fully saturated rings. The van der Waals surface area contributed by atoms with Gasteiger partial charge in [-0.25, -0.2) is 9.97 Å². The Labute approximate surface area is 201 Å². The summed E-state index contributed by atoms with van der Waals surface area (Å²) in [5.41, 5.74) is 5.12. The lowest BCUT2D eigenvalue weighted by atomic mass is 10.1. The van der Waals surface area contributed by atoms with Gasteiger partial charge in [-0.3, -0.25) is 4.79 Å². The van der Waals surface area contributed by atoms with Gasteiger partial charge in [0.25, 0.3) is 5.91 Å². The summed E-state index contributed by atoms with van der Waals surface area (Å²) < 4.78 is 5.49. The van der Waals surface area contributed by atoms with Crippen molar-refractivity contribution >= 4 is 34.8 Å². The zero-order valence-electron chi connectivity index (χ0n) is 18.5. The molecule has 34 heavy (non-hydrogen) atoms. The van der Waals surface area contributed by atoms with E-state index in [2.05, 4.69) is 25.9 Å². The van der Waals surface area contributed by atoms with E-state index in [0.29, 0.717) is 64.6 Å². The van der Waals surface area contributed by atoms with E-state index in [1.165, 1.54) is 0 Å². The molecule has 1 aliphatic rings. The Kier molecular flexibility index (Phi) is 6.05. The molecule has 4 N–H and O–H groups in total. The van der Waals surface area contributed by atoms with Gasteiger partial charge < -0.3 is 25.7 Å². The molecule has 8 nitrogen and oxygen atoms in total. The third-order valence-electron chi connectivity index (χ3n) is 5.60. The van der Waals surface area contributed by atoms with Crippen molar-refractivity contribution in [2.45, 2.75) is 13.0 Å². The van der Waals surface area contributed by atoms with Crippen LogP contribution in [-0.2, 0) is 13.0 Å².